The van der Waals surface area contributed by atoms with Crippen molar-refractivity contribution in [3.63, 3.8) is 0 Å². The maximum Gasteiger partial charge on any atom is 0.228 e. The highest BCUT2D eigenvalue weighted by Gasteiger charge is 2.07. The van der Waals surface area contributed by atoms with E-state index in [1.807, 2.05) is 12.1 Å². The Hall–Kier alpha value is -1.52. The van der Waals surface area contributed by atoms with Gasteiger partial charge in [-0.1, -0.05) is 23.7 Å². The summed E-state index contributed by atoms with van der Waals surface area (Å²) < 4.78 is 0.761. The zero-order valence-corrected chi connectivity index (χ0v) is 12.3. The summed E-state index contributed by atoms with van der Waals surface area (Å²) in [6.07, 6.45) is 0.300. The predicted molar refractivity (Wildman–Crippen MR) is 82.3 cm³/mol. The van der Waals surface area contributed by atoms with Crippen LogP contribution in [-0.4, -0.2) is 5.91 Å². The van der Waals surface area contributed by atoms with Crippen molar-refractivity contribution in [2.45, 2.75) is 6.42 Å². The molecule has 19 heavy (non-hydrogen) atoms. The summed E-state index contributed by atoms with van der Waals surface area (Å²) in [6.45, 7) is 0. The van der Waals surface area contributed by atoms with Crippen LogP contribution < -0.4 is 11.1 Å². The third kappa shape index (κ3) is 3.98. The van der Waals surface area contributed by atoms with Crippen molar-refractivity contribution in [1.82, 2.24) is 0 Å². The molecule has 0 aliphatic carbocycles. The number of rotatable bonds is 3. The molecule has 5 heteroatoms. The van der Waals surface area contributed by atoms with Crippen LogP contribution >= 0.6 is 27.5 Å². The van der Waals surface area contributed by atoms with E-state index >= 15 is 0 Å². The van der Waals surface area contributed by atoms with Crippen LogP contribution in [0.3, 0.4) is 0 Å². The smallest absolute Gasteiger partial charge is 0.228 e. The van der Waals surface area contributed by atoms with Crippen LogP contribution in [0, 0.1) is 0 Å². The van der Waals surface area contributed by atoms with Crippen LogP contribution in [0.2, 0.25) is 5.02 Å². The Morgan fingerprint density at radius 2 is 1.89 bits per heavy atom. The number of nitrogens with two attached hydrogens (primary N) is 1. The van der Waals surface area contributed by atoms with Gasteiger partial charge in [-0.15, -0.1) is 0 Å². The fourth-order valence-corrected chi connectivity index (χ4v) is 2.24. The number of anilines is 2. The number of carbonyl (C=O) groups excluding carboxylic acids is 1. The van der Waals surface area contributed by atoms with Gasteiger partial charge in [-0.05, 0) is 51.8 Å². The molecule has 0 saturated carbocycles. The lowest BCUT2D eigenvalue weighted by Gasteiger charge is -2.08. The second-order valence-corrected chi connectivity index (χ2v) is 5.38. The minimum absolute atomic E-state index is 0.0900. The van der Waals surface area contributed by atoms with Gasteiger partial charge in [-0.3, -0.25) is 4.79 Å². The number of benzene rings is 2. The molecule has 0 atom stereocenters. The van der Waals surface area contributed by atoms with Crippen LogP contribution in [0.1, 0.15) is 5.56 Å². The SMILES string of the molecule is Nc1ccc(NC(=O)Cc2ccc(Cl)cc2)c(Br)c1. The normalized spacial score (nSPS) is 10.2. The number of halogens is 2. The summed E-state index contributed by atoms with van der Waals surface area (Å²) in [5.74, 6) is -0.0900. The molecule has 3 N–H and O–H groups in total. The Bertz CT molecular complexity index is 599. The average molecular weight is 340 g/mol. The summed E-state index contributed by atoms with van der Waals surface area (Å²) in [5, 5.41) is 3.48. The average Bonchev–Trinajstić information content (AvgIpc) is 2.36. The minimum Gasteiger partial charge on any atom is -0.399 e. The van der Waals surface area contributed by atoms with Gasteiger partial charge in [0.2, 0.25) is 5.91 Å². The lowest BCUT2D eigenvalue weighted by atomic mass is 10.1. The zero-order valence-electron chi connectivity index (χ0n) is 9.99. The number of nitrogen functional groups attached to an aromatic ring is 1. The fourth-order valence-electron chi connectivity index (χ4n) is 1.61. The summed E-state index contributed by atoms with van der Waals surface area (Å²) in [7, 11) is 0. The molecular formula is C14H12BrClN2O. The number of hydrogen-bond donors (Lipinski definition) is 2. The Morgan fingerprint density at radius 1 is 1.21 bits per heavy atom. The lowest BCUT2D eigenvalue weighted by Crippen LogP contribution is -2.14. The Kier molecular flexibility index (Phi) is 4.45. The number of nitrogens with one attached hydrogen (secondary N) is 1. The molecule has 0 aliphatic heterocycles. The maximum atomic E-state index is 11.9. The van der Waals surface area contributed by atoms with Gasteiger partial charge in [-0.2, -0.15) is 0 Å². The third-order valence-corrected chi connectivity index (χ3v) is 3.45. The summed E-state index contributed by atoms with van der Waals surface area (Å²) in [4.78, 5) is 11.9. The van der Waals surface area contributed by atoms with Crippen LogP contribution in [0.4, 0.5) is 11.4 Å². The molecule has 98 valence electrons. The molecule has 0 fully saturated rings. The number of hydrogen-bond acceptors (Lipinski definition) is 2. The first kappa shape index (κ1) is 13.9. The molecule has 0 saturated heterocycles. The maximum absolute atomic E-state index is 11.9. The summed E-state index contributed by atoms with van der Waals surface area (Å²) >= 11 is 9.15. The van der Waals surface area contributed by atoms with Crippen molar-refractivity contribution >= 4 is 44.8 Å². The molecule has 0 unspecified atom stereocenters. The first-order chi connectivity index (χ1) is 9.04. The number of amides is 1. The molecule has 2 rings (SSSR count). The first-order valence-corrected chi connectivity index (χ1v) is 6.81. The lowest BCUT2D eigenvalue weighted by molar-refractivity contribution is -0.115. The van der Waals surface area contributed by atoms with Gasteiger partial charge in [-0.25, -0.2) is 0 Å². The van der Waals surface area contributed by atoms with Gasteiger partial charge >= 0.3 is 0 Å². The van der Waals surface area contributed by atoms with Crippen LogP contribution in [0.25, 0.3) is 0 Å². The van der Waals surface area contributed by atoms with Crippen molar-refractivity contribution in [3.05, 3.63) is 57.5 Å². The topological polar surface area (TPSA) is 55.1 Å². The molecule has 0 heterocycles. The van der Waals surface area contributed by atoms with Crippen molar-refractivity contribution in [2.24, 2.45) is 0 Å². The molecule has 3 nitrogen and oxygen atoms in total. The van der Waals surface area contributed by atoms with Crippen molar-refractivity contribution in [2.75, 3.05) is 11.1 Å². The number of carbonyl (C=O) groups is 1. The van der Waals surface area contributed by atoms with Gasteiger partial charge in [0.1, 0.15) is 0 Å². The molecule has 0 aromatic heterocycles. The molecule has 0 aliphatic rings. The monoisotopic (exact) mass is 338 g/mol. The quantitative estimate of drug-likeness (QED) is 0.834. The Labute approximate surface area is 124 Å². The standard InChI is InChI=1S/C14H12BrClN2O/c15-12-8-11(17)5-6-13(12)18-14(19)7-9-1-3-10(16)4-2-9/h1-6,8H,7,17H2,(H,18,19). The van der Waals surface area contributed by atoms with E-state index in [1.165, 1.54) is 0 Å². The van der Waals surface area contributed by atoms with E-state index in [9.17, 15) is 4.79 Å². The van der Waals surface area contributed by atoms with Gasteiger partial charge in [0, 0.05) is 15.2 Å². The van der Waals surface area contributed by atoms with E-state index in [0.717, 1.165) is 10.0 Å². The van der Waals surface area contributed by atoms with E-state index < -0.39 is 0 Å². The van der Waals surface area contributed by atoms with E-state index in [1.54, 1.807) is 30.3 Å². The first-order valence-electron chi connectivity index (χ1n) is 5.64. The van der Waals surface area contributed by atoms with Crippen molar-refractivity contribution in [1.29, 1.82) is 0 Å². The van der Waals surface area contributed by atoms with E-state index in [4.69, 9.17) is 17.3 Å². The molecule has 0 bridgehead atoms. The Morgan fingerprint density at radius 3 is 2.53 bits per heavy atom. The van der Waals surface area contributed by atoms with E-state index in [2.05, 4.69) is 21.2 Å². The predicted octanol–water partition coefficient (Wildman–Crippen LogP) is 3.87. The molecular weight excluding hydrogens is 328 g/mol. The van der Waals surface area contributed by atoms with Crippen LogP contribution in [-0.2, 0) is 11.2 Å². The highest BCUT2D eigenvalue weighted by atomic mass is 79.9. The molecule has 2 aromatic carbocycles. The highest BCUT2D eigenvalue weighted by Crippen LogP contribution is 2.24. The third-order valence-electron chi connectivity index (χ3n) is 2.55. The zero-order chi connectivity index (χ0) is 13.8. The van der Waals surface area contributed by atoms with Crippen LogP contribution in [0.15, 0.2) is 46.9 Å². The van der Waals surface area contributed by atoms with E-state index in [0.29, 0.717) is 22.8 Å². The second-order valence-electron chi connectivity index (χ2n) is 4.09. The minimum atomic E-state index is -0.0900. The van der Waals surface area contributed by atoms with Crippen molar-refractivity contribution in [3.8, 4) is 0 Å². The van der Waals surface area contributed by atoms with E-state index in [-0.39, 0.29) is 5.91 Å². The fraction of sp³-hybridized carbons (Fsp3) is 0.0714. The molecule has 0 radical (unpaired) electrons. The largest absolute Gasteiger partial charge is 0.399 e. The molecule has 2 aromatic rings. The summed E-state index contributed by atoms with van der Waals surface area (Å²) in [6, 6.07) is 12.5. The molecule has 0 spiro atoms. The second kappa shape index (κ2) is 6.08. The van der Waals surface area contributed by atoms with Gasteiger partial charge in [0.25, 0.3) is 0 Å². The van der Waals surface area contributed by atoms with Gasteiger partial charge in [0.05, 0.1) is 12.1 Å². The Balaban J connectivity index is 2.03. The van der Waals surface area contributed by atoms with Gasteiger partial charge in [0.15, 0.2) is 0 Å². The summed E-state index contributed by atoms with van der Waals surface area (Å²) in [5.41, 5.74) is 7.89. The highest BCUT2D eigenvalue weighted by molar-refractivity contribution is 9.10. The van der Waals surface area contributed by atoms with Gasteiger partial charge < -0.3 is 11.1 Å². The molecule has 1 amide bonds. The van der Waals surface area contributed by atoms with Crippen LogP contribution in [0.5, 0.6) is 0 Å². The van der Waals surface area contributed by atoms with Crippen molar-refractivity contribution < 1.29 is 4.79 Å².